The van der Waals surface area contributed by atoms with Crippen molar-refractivity contribution < 1.29 is 9.53 Å². The van der Waals surface area contributed by atoms with Crippen molar-refractivity contribution in [3.8, 4) is 11.8 Å². The second-order valence-electron chi connectivity index (χ2n) is 4.74. The lowest BCUT2D eigenvalue weighted by atomic mass is 10.2. The zero-order valence-corrected chi connectivity index (χ0v) is 11.4. The van der Waals surface area contributed by atoms with Crippen molar-refractivity contribution in [3.05, 3.63) is 29.6 Å². The van der Waals surface area contributed by atoms with E-state index >= 15 is 0 Å². The maximum absolute atomic E-state index is 11.9. The van der Waals surface area contributed by atoms with Gasteiger partial charge in [0.05, 0.1) is 18.7 Å². The Labute approximate surface area is 118 Å². The van der Waals surface area contributed by atoms with Crippen molar-refractivity contribution in [1.29, 1.82) is 0 Å². The second kappa shape index (κ2) is 7.63. The Morgan fingerprint density at radius 1 is 1.50 bits per heavy atom. The molecule has 0 aliphatic heterocycles. The van der Waals surface area contributed by atoms with Gasteiger partial charge in [-0.25, -0.2) is 0 Å². The number of nitrogens with zero attached hydrogens (tertiary/aromatic N) is 1. The quantitative estimate of drug-likeness (QED) is 0.586. The molecule has 5 heteroatoms. The summed E-state index contributed by atoms with van der Waals surface area (Å²) >= 11 is 0. The van der Waals surface area contributed by atoms with Crippen LogP contribution < -0.4 is 11.1 Å². The number of amides is 1. The Morgan fingerprint density at radius 3 is 3.10 bits per heavy atom. The molecule has 5 nitrogen and oxygen atoms in total. The van der Waals surface area contributed by atoms with Crippen molar-refractivity contribution in [2.45, 2.75) is 12.8 Å². The van der Waals surface area contributed by atoms with Crippen LogP contribution in [0.4, 0.5) is 0 Å². The number of carbonyl (C=O) groups excluding carboxylic acids is 1. The molecule has 0 atom stereocenters. The molecule has 1 heterocycles. The summed E-state index contributed by atoms with van der Waals surface area (Å²) in [5.41, 5.74) is 6.49. The number of pyridine rings is 1. The van der Waals surface area contributed by atoms with E-state index in [2.05, 4.69) is 22.1 Å². The largest absolute Gasteiger partial charge is 0.379 e. The minimum Gasteiger partial charge on any atom is -0.379 e. The first-order valence-electron chi connectivity index (χ1n) is 6.79. The Morgan fingerprint density at radius 2 is 2.35 bits per heavy atom. The zero-order chi connectivity index (χ0) is 14.2. The summed E-state index contributed by atoms with van der Waals surface area (Å²) in [6.45, 7) is 2.14. The standard InChI is InChI=1S/C15H19N3O2/c16-5-1-2-13-8-14(10-17-9-13)15(19)18-6-7-20-11-12-3-4-12/h8-10,12H,3-7,11,16H2,(H,18,19). The third-order valence-electron chi connectivity index (χ3n) is 2.92. The van der Waals surface area contributed by atoms with Crippen LogP contribution >= 0.6 is 0 Å². The SMILES string of the molecule is NCC#Cc1cncc(C(=O)NCCOCC2CC2)c1. The van der Waals surface area contributed by atoms with Gasteiger partial charge < -0.3 is 15.8 Å². The van der Waals surface area contributed by atoms with Crippen LogP contribution in [-0.2, 0) is 4.74 Å². The highest BCUT2D eigenvalue weighted by atomic mass is 16.5. The van der Waals surface area contributed by atoms with Crippen molar-refractivity contribution >= 4 is 5.91 Å². The molecule has 1 aromatic heterocycles. The number of hydrogen-bond acceptors (Lipinski definition) is 4. The number of nitrogens with one attached hydrogen (secondary N) is 1. The normalized spacial score (nSPS) is 13.4. The third-order valence-corrected chi connectivity index (χ3v) is 2.92. The Kier molecular flexibility index (Phi) is 5.54. The molecular formula is C15H19N3O2. The van der Waals surface area contributed by atoms with Gasteiger partial charge in [0.15, 0.2) is 0 Å². The number of aromatic nitrogens is 1. The van der Waals surface area contributed by atoms with Crippen LogP contribution in [0.2, 0.25) is 0 Å². The average Bonchev–Trinajstić information content (AvgIpc) is 3.29. The minimum absolute atomic E-state index is 0.163. The molecule has 0 spiro atoms. The van der Waals surface area contributed by atoms with Gasteiger partial charge in [-0.15, -0.1) is 0 Å². The molecule has 1 aliphatic rings. The summed E-state index contributed by atoms with van der Waals surface area (Å²) < 4.78 is 5.45. The van der Waals surface area contributed by atoms with E-state index in [1.807, 2.05) is 0 Å². The van der Waals surface area contributed by atoms with Gasteiger partial charge in [-0.2, -0.15) is 0 Å². The van der Waals surface area contributed by atoms with Crippen LogP contribution in [0.25, 0.3) is 0 Å². The molecule has 0 unspecified atom stereocenters. The summed E-state index contributed by atoms with van der Waals surface area (Å²) in [6.07, 6.45) is 5.68. The molecule has 1 aromatic rings. The molecule has 1 aliphatic carbocycles. The smallest absolute Gasteiger partial charge is 0.252 e. The average molecular weight is 273 g/mol. The van der Waals surface area contributed by atoms with Crippen LogP contribution in [0.15, 0.2) is 18.5 Å². The Hall–Kier alpha value is -1.90. The van der Waals surface area contributed by atoms with E-state index in [1.165, 1.54) is 19.0 Å². The number of ether oxygens (including phenoxy) is 1. The lowest BCUT2D eigenvalue weighted by Crippen LogP contribution is -2.27. The predicted molar refractivity (Wildman–Crippen MR) is 76.0 cm³/mol. The molecule has 2 rings (SSSR count). The fourth-order valence-electron chi connectivity index (χ4n) is 1.66. The maximum Gasteiger partial charge on any atom is 0.252 e. The van der Waals surface area contributed by atoms with Crippen LogP contribution in [0.5, 0.6) is 0 Å². The predicted octanol–water partition coefficient (Wildman–Crippen LogP) is 0.548. The number of hydrogen-bond donors (Lipinski definition) is 2. The first-order valence-corrected chi connectivity index (χ1v) is 6.79. The first-order chi connectivity index (χ1) is 9.79. The van der Waals surface area contributed by atoms with Gasteiger partial charge in [-0.3, -0.25) is 9.78 Å². The van der Waals surface area contributed by atoms with Gasteiger partial charge in [-0.1, -0.05) is 11.8 Å². The molecule has 1 fully saturated rings. The minimum atomic E-state index is -0.163. The maximum atomic E-state index is 11.9. The summed E-state index contributed by atoms with van der Waals surface area (Å²) in [6, 6.07) is 1.70. The Balaban J connectivity index is 1.75. The van der Waals surface area contributed by atoms with Gasteiger partial charge in [0.1, 0.15) is 0 Å². The van der Waals surface area contributed by atoms with E-state index in [1.54, 1.807) is 12.3 Å². The fourth-order valence-corrected chi connectivity index (χ4v) is 1.66. The van der Waals surface area contributed by atoms with E-state index in [9.17, 15) is 4.79 Å². The number of nitrogens with two attached hydrogens (primary N) is 1. The topological polar surface area (TPSA) is 77.2 Å². The van der Waals surface area contributed by atoms with Crippen LogP contribution in [0.1, 0.15) is 28.8 Å². The highest BCUT2D eigenvalue weighted by Gasteiger charge is 2.20. The summed E-state index contributed by atoms with van der Waals surface area (Å²) in [7, 11) is 0. The highest BCUT2D eigenvalue weighted by molar-refractivity contribution is 5.94. The molecule has 0 bridgehead atoms. The molecular weight excluding hydrogens is 254 g/mol. The van der Waals surface area contributed by atoms with Gasteiger partial charge in [0.2, 0.25) is 0 Å². The molecule has 1 amide bonds. The lowest BCUT2D eigenvalue weighted by Gasteiger charge is -2.06. The van der Waals surface area contributed by atoms with E-state index in [-0.39, 0.29) is 12.5 Å². The number of rotatable bonds is 6. The lowest BCUT2D eigenvalue weighted by molar-refractivity contribution is 0.0906. The summed E-state index contributed by atoms with van der Waals surface area (Å²) in [5, 5.41) is 2.80. The fraction of sp³-hybridized carbons (Fsp3) is 0.467. The van der Waals surface area contributed by atoms with Crippen molar-refractivity contribution in [1.82, 2.24) is 10.3 Å². The zero-order valence-electron chi connectivity index (χ0n) is 11.4. The molecule has 3 N–H and O–H groups in total. The van der Waals surface area contributed by atoms with E-state index in [0.29, 0.717) is 24.3 Å². The monoisotopic (exact) mass is 273 g/mol. The summed E-state index contributed by atoms with van der Waals surface area (Å²) in [4.78, 5) is 15.9. The molecule has 1 saturated carbocycles. The Bertz CT molecular complexity index is 515. The van der Waals surface area contributed by atoms with Gasteiger partial charge in [0, 0.05) is 31.1 Å². The molecule has 0 saturated heterocycles. The highest BCUT2D eigenvalue weighted by Crippen LogP contribution is 2.28. The molecule has 0 aromatic carbocycles. The van der Waals surface area contributed by atoms with Crippen molar-refractivity contribution in [2.24, 2.45) is 11.7 Å². The second-order valence-corrected chi connectivity index (χ2v) is 4.74. The molecule has 20 heavy (non-hydrogen) atoms. The number of carbonyl (C=O) groups is 1. The molecule has 106 valence electrons. The third kappa shape index (κ3) is 5.00. The van der Waals surface area contributed by atoms with Gasteiger partial charge >= 0.3 is 0 Å². The van der Waals surface area contributed by atoms with Crippen molar-refractivity contribution in [2.75, 3.05) is 26.3 Å². The van der Waals surface area contributed by atoms with Gasteiger partial charge in [-0.05, 0) is 24.8 Å². The first kappa shape index (κ1) is 14.5. The van der Waals surface area contributed by atoms with Crippen LogP contribution in [0.3, 0.4) is 0 Å². The van der Waals surface area contributed by atoms with E-state index < -0.39 is 0 Å². The van der Waals surface area contributed by atoms with Crippen molar-refractivity contribution in [3.63, 3.8) is 0 Å². The van der Waals surface area contributed by atoms with E-state index in [0.717, 1.165) is 12.5 Å². The summed E-state index contributed by atoms with van der Waals surface area (Å²) in [5.74, 6) is 6.17. The van der Waals surface area contributed by atoms with Gasteiger partial charge in [0.25, 0.3) is 5.91 Å². The van der Waals surface area contributed by atoms with E-state index in [4.69, 9.17) is 10.5 Å². The van der Waals surface area contributed by atoms with Crippen LogP contribution in [0, 0.1) is 17.8 Å². The van der Waals surface area contributed by atoms with Crippen LogP contribution in [-0.4, -0.2) is 37.2 Å². The molecule has 0 radical (unpaired) electrons.